The summed E-state index contributed by atoms with van der Waals surface area (Å²) in [5, 5.41) is 8.95. The van der Waals surface area contributed by atoms with Crippen LogP contribution < -0.4 is 4.90 Å². The van der Waals surface area contributed by atoms with Crippen molar-refractivity contribution < 1.29 is 0 Å². The smallest absolute Gasteiger partial charge is 0.146 e. The highest BCUT2D eigenvalue weighted by Gasteiger charge is 2.08. The normalized spacial score (nSPS) is 9.47. The minimum atomic E-state index is 0.601. The van der Waals surface area contributed by atoms with Gasteiger partial charge in [0.05, 0.1) is 5.56 Å². The number of hydrogen-bond acceptors (Lipinski definition) is 3. The zero-order valence-corrected chi connectivity index (χ0v) is 9.41. The Morgan fingerprint density at radius 2 is 2.27 bits per heavy atom. The molecule has 0 atom stereocenters. The molecule has 1 rings (SSSR count). The summed E-state index contributed by atoms with van der Waals surface area (Å²) in [7, 11) is 1.91. The van der Waals surface area contributed by atoms with Gasteiger partial charge >= 0.3 is 0 Å². The van der Waals surface area contributed by atoms with Crippen LogP contribution >= 0.6 is 0 Å². The minimum Gasteiger partial charge on any atom is -0.355 e. The summed E-state index contributed by atoms with van der Waals surface area (Å²) in [6.45, 7) is 8.43. The van der Waals surface area contributed by atoms with E-state index in [2.05, 4.69) is 17.6 Å². The average Bonchev–Trinajstić information content (AvgIpc) is 2.16. The summed E-state index contributed by atoms with van der Waals surface area (Å²) in [4.78, 5) is 6.30. The molecule has 0 aliphatic heterocycles. The van der Waals surface area contributed by atoms with Crippen LogP contribution in [-0.4, -0.2) is 18.6 Å². The molecule has 0 unspecified atom stereocenters. The molecule has 3 nitrogen and oxygen atoms in total. The Bertz CT molecular complexity index is 415. The van der Waals surface area contributed by atoms with Crippen LogP contribution in [0.3, 0.4) is 0 Å². The summed E-state index contributed by atoms with van der Waals surface area (Å²) in [6.07, 6.45) is 0. The second-order valence-corrected chi connectivity index (χ2v) is 3.75. The van der Waals surface area contributed by atoms with Crippen LogP contribution in [0.1, 0.15) is 18.2 Å². The van der Waals surface area contributed by atoms with Crippen LogP contribution in [-0.2, 0) is 0 Å². The van der Waals surface area contributed by atoms with E-state index < -0.39 is 0 Å². The number of pyridine rings is 1. The van der Waals surface area contributed by atoms with Gasteiger partial charge in [-0.3, -0.25) is 0 Å². The quantitative estimate of drug-likeness (QED) is 0.704. The SMILES string of the molecule is C=C(C)CN(C)c1nc(C)ccc1C#N. The second kappa shape index (κ2) is 4.61. The largest absolute Gasteiger partial charge is 0.355 e. The molecule has 0 saturated heterocycles. The van der Waals surface area contributed by atoms with E-state index in [-0.39, 0.29) is 0 Å². The lowest BCUT2D eigenvalue weighted by Crippen LogP contribution is -2.21. The van der Waals surface area contributed by atoms with Crippen LogP contribution in [0.5, 0.6) is 0 Å². The molecule has 0 saturated carbocycles. The van der Waals surface area contributed by atoms with E-state index in [0.29, 0.717) is 12.1 Å². The third-order valence-electron chi connectivity index (χ3n) is 2.00. The molecule has 0 aliphatic rings. The first kappa shape index (κ1) is 11.3. The van der Waals surface area contributed by atoms with Gasteiger partial charge in [0.1, 0.15) is 11.9 Å². The molecule has 0 spiro atoms. The van der Waals surface area contributed by atoms with Crippen molar-refractivity contribution in [1.82, 2.24) is 4.98 Å². The predicted octanol–water partition coefficient (Wildman–Crippen LogP) is 2.27. The summed E-state index contributed by atoms with van der Waals surface area (Å²) in [5.74, 6) is 0.723. The number of nitrogens with zero attached hydrogens (tertiary/aromatic N) is 3. The molecule has 0 fully saturated rings. The summed E-state index contributed by atoms with van der Waals surface area (Å²) < 4.78 is 0. The lowest BCUT2D eigenvalue weighted by molar-refractivity contribution is 0.942. The van der Waals surface area contributed by atoms with Crippen LogP contribution in [0.2, 0.25) is 0 Å². The van der Waals surface area contributed by atoms with Crippen LogP contribution in [0.25, 0.3) is 0 Å². The monoisotopic (exact) mass is 201 g/mol. The Kier molecular flexibility index (Phi) is 3.46. The number of nitriles is 1. The zero-order chi connectivity index (χ0) is 11.4. The highest BCUT2D eigenvalue weighted by molar-refractivity contribution is 5.54. The maximum atomic E-state index is 8.95. The van der Waals surface area contributed by atoms with E-state index in [1.165, 1.54) is 0 Å². The first-order valence-corrected chi connectivity index (χ1v) is 4.78. The molecule has 15 heavy (non-hydrogen) atoms. The van der Waals surface area contributed by atoms with Crippen LogP contribution in [0.15, 0.2) is 24.3 Å². The third-order valence-corrected chi connectivity index (χ3v) is 2.00. The number of likely N-dealkylation sites (N-methyl/N-ethyl adjacent to an activating group) is 1. The molecule has 3 heteroatoms. The zero-order valence-electron chi connectivity index (χ0n) is 9.41. The van der Waals surface area contributed by atoms with Gasteiger partial charge in [-0.15, -0.1) is 0 Å². The number of rotatable bonds is 3. The van der Waals surface area contributed by atoms with E-state index >= 15 is 0 Å². The van der Waals surface area contributed by atoms with Gasteiger partial charge < -0.3 is 4.90 Å². The van der Waals surface area contributed by atoms with Gasteiger partial charge in [0.2, 0.25) is 0 Å². The molecule has 0 bridgehead atoms. The Morgan fingerprint density at radius 1 is 1.60 bits per heavy atom. The molecule has 78 valence electrons. The minimum absolute atomic E-state index is 0.601. The van der Waals surface area contributed by atoms with Crippen molar-refractivity contribution >= 4 is 5.82 Å². The molecular formula is C12H15N3. The number of aryl methyl sites for hydroxylation is 1. The molecule has 1 aromatic heterocycles. The van der Waals surface area contributed by atoms with Gasteiger partial charge in [-0.05, 0) is 26.0 Å². The number of hydrogen-bond donors (Lipinski definition) is 0. The van der Waals surface area contributed by atoms with E-state index in [4.69, 9.17) is 5.26 Å². The van der Waals surface area contributed by atoms with Gasteiger partial charge in [0.15, 0.2) is 0 Å². The van der Waals surface area contributed by atoms with Crippen molar-refractivity contribution in [2.45, 2.75) is 13.8 Å². The molecule has 1 aromatic rings. The summed E-state index contributed by atoms with van der Waals surface area (Å²) in [5.41, 5.74) is 2.56. The summed E-state index contributed by atoms with van der Waals surface area (Å²) in [6, 6.07) is 5.79. The Morgan fingerprint density at radius 3 is 2.80 bits per heavy atom. The van der Waals surface area contributed by atoms with Crippen molar-refractivity contribution in [3.05, 3.63) is 35.5 Å². The maximum Gasteiger partial charge on any atom is 0.146 e. The fraction of sp³-hybridized carbons (Fsp3) is 0.333. The number of aromatic nitrogens is 1. The second-order valence-electron chi connectivity index (χ2n) is 3.75. The Labute approximate surface area is 90.7 Å². The molecule has 0 radical (unpaired) electrons. The maximum absolute atomic E-state index is 8.95. The van der Waals surface area contributed by atoms with Crippen molar-refractivity contribution in [3.63, 3.8) is 0 Å². The predicted molar refractivity (Wildman–Crippen MR) is 61.8 cm³/mol. The first-order chi connectivity index (χ1) is 7.04. The van der Waals surface area contributed by atoms with Gasteiger partial charge in [0.25, 0.3) is 0 Å². The fourth-order valence-electron chi connectivity index (χ4n) is 1.40. The van der Waals surface area contributed by atoms with Crippen molar-refractivity contribution in [3.8, 4) is 6.07 Å². The molecule has 0 N–H and O–H groups in total. The lowest BCUT2D eigenvalue weighted by atomic mass is 10.2. The van der Waals surface area contributed by atoms with E-state index in [1.54, 1.807) is 6.07 Å². The number of anilines is 1. The average molecular weight is 201 g/mol. The molecule has 0 aliphatic carbocycles. The van der Waals surface area contributed by atoms with E-state index in [0.717, 1.165) is 17.1 Å². The standard InChI is InChI=1S/C12H15N3/c1-9(2)8-15(4)12-11(7-13)6-5-10(3)14-12/h5-6H,1,8H2,2-4H3. The summed E-state index contributed by atoms with van der Waals surface area (Å²) >= 11 is 0. The fourth-order valence-corrected chi connectivity index (χ4v) is 1.40. The Balaban J connectivity index is 3.06. The highest BCUT2D eigenvalue weighted by Crippen LogP contribution is 2.16. The van der Waals surface area contributed by atoms with Gasteiger partial charge in [-0.25, -0.2) is 4.98 Å². The molecule has 0 aromatic carbocycles. The van der Waals surface area contributed by atoms with Gasteiger partial charge in [-0.2, -0.15) is 5.26 Å². The van der Waals surface area contributed by atoms with Crippen molar-refractivity contribution in [1.29, 1.82) is 5.26 Å². The van der Waals surface area contributed by atoms with Crippen molar-refractivity contribution in [2.24, 2.45) is 0 Å². The Hall–Kier alpha value is -1.82. The van der Waals surface area contributed by atoms with Crippen LogP contribution in [0, 0.1) is 18.3 Å². The highest BCUT2D eigenvalue weighted by atomic mass is 15.2. The van der Waals surface area contributed by atoms with Gasteiger partial charge in [0, 0.05) is 19.3 Å². The molecule has 1 heterocycles. The first-order valence-electron chi connectivity index (χ1n) is 4.78. The van der Waals surface area contributed by atoms with Gasteiger partial charge in [-0.1, -0.05) is 12.2 Å². The van der Waals surface area contributed by atoms with E-state index in [9.17, 15) is 0 Å². The van der Waals surface area contributed by atoms with E-state index in [1.807, 2.05) is 31.9 Å². The third kappa shape index (κ3) is 2.81. The van der Waals surface area contributed by atoms with Crippen molar-refractivity contribution in [2.75, 3.05) is 18.5 Å². The molecule has 0 amide bonds. The molecular weight excluding hydrogens is 186 g/mol. The topological polar surface area (TPSA) is 39.9 Å². The van der Waals surface area contributed by atoms with Crippen LogP contribution in [0.4, 0.5) is 5.82 Å². The lowest BCUT2D eigenvalue weighted by Gasteiger charge is -2.19.